The van der Waals surface area contributed by atoms with E-state index in [1.54, 1.807) is 24.3 Å². The maximum absolute atomic E-state index is 13.0. The highest BCUT2D eigenvalue weighted by atomic mass is 32.1. The van der Waals surface area contributed by atoms with Crippen molar-refractivity contribution in [1.82, 2.24) is 10.2 Å². The van der Waals surface area contributed by atoms with Crippen molar-refractivity contribution in [3.63, 3.8) is 0 Å². The number of anilines is 2. The first-order chi connectivity index (χ1) is 16.0. The molecule has 0 radical (unpaired) electrons. The molecule has 0 saturated heterocycles. The molecular weight excluding hydrogens is 443 g/mol. The van der Waals surface area contributed by atoms with Gasteiger partial charge in [-0.25, -0.2) is 4.39 Å². The minimum atomic E-state index is -0.436. The molecule has 0 bridgehead atoms. The molecule has 0 aliphatic rings. The molecule has 33 heavy (non-hydrogen) atoms. The number of rotatable bonds is 7. The van der Waals surface area contributed by atoms with Gasteiger partial charge in [-0.2, -0.15) is 0 Å². The predicted octanol–water partition coefficient (Wildman–Crippen LogP) is 5.07. The normalized spacial score (nSPS) is 10.5. The molecule has 0 aliphatic heterocycles. The predicted molar refractivity (Wildman–Crippen MR) is 124 cm³/mol. The van der Waals surface area contributed by atoms with Crippen LogP contribution in [0.2, 0.25) is 0 Å². The SMILES string of the molecule is Cc1ccccc1NC(=O)c1ccc(OCc2nnc(C(=O)Nc3ccc(F)cc3)s2)cc1. The van der Waals surface area contributed by atoms with E-state index < -0.39 is 5.91 Å². The molecule has 2 amide bonds. The van der Waals surface area contributed by atoms with E-state index in [1.165, 1.54) is 24.3 Å². The van der Waals surface area contributed by atoms with Gasteiger partial charge < -0.3 is 15.4 Å². The Morgan fingerprint density at radius 3 is 2.36 bits per heavy atom. The highest BCUT2D eigenvalue weighted by Gasteiger charge is 2.14. The number of carbonyl (C=O) groups excluding carboxylic acids is 2. The van der Waals surface area contributed by atoms with Crippen molar-refractivity contribution >= 4 is 34.5 Å². The summed E-state index contributed by atoms with van der Waals surface area (Å²) in [5.74, 6) is -0.482. The number of para-hydroxylation sites is 1. The number of nitrogens with one attached hydrogen (secondary N) is 2. The van der Waals surface area contributed by atoms with Crippen molar-refractivity contribution in [2.75, 3.05) is 10.6 Å². The number of amides is 2. The number of benzene rings is 3. The Hall–Kier alpha value is -4.11. The summed E-state index contributed by atoms with van der Waals surface area (Å²) in [7, 11) is 0. The molecule has 2 N–H and O–H groups in total. The quantitative estimate of drug-likeness (QED) is 0.400. The van der Waals surface area contributed by atoms with Gasteiger partial charge in [0, 0.05) is 16.9 Å². The molecule has 9 heteroatoms. The molecule has 0 aliphatic carbocycles. The van der Waals surface area contributed by atoms with Crippen LogP contribution in [0, 0.1) is 12.7 Å². The number of nitrogens with zero attached hydrogens (tertiary/aromatic N) is 2. The van der Waals surface area contributed by atoms with Gasteiger partial charge in [0.1, 0.15) is 18.2 Å². The van der Waals surface area contributed by atoms with Crippen molar-refractivity contribution in [2.24, 2.45) is 0 Å². The summed E-state index contributed by atoms with van der Waals surface area (Å²) < 4.78 is 18.7. The van der Waals surface area contributed by atoms with Crippen LogP contribution in [0.25, 0.3) is 0 Å². The van der Waals surface area contributed by atoms with E-state index in [0.717, 1.165) is 22.6 Å². The lowest BCUT2D eigenvalue weighted by atomic mass is 10.1. The summed E-state index contributed by atoms with van der Waals surface area (Å²) in [5.41, 5.74) is 2.70. The smallest absolute Gasteiger partial charge is 0.286 e. The second-order valence-electron chi connectivity index (χ2n) is 7.04. The number of hydrogen-bond acceptors (Lipinski definition) is 6. The Bertz CT molecular complexity index is 1270. The van der Waals surface area contributed by atoms with Gasteiger partial charge in [-0.05, 0) is 67.1 Å². The van der Waals surface area contributed by atoms with E-state index in [0.29, 0.717) is 22.0 Å². The van der Waals surface area contributed by atoms with Crippen LogP contribution in [0.15, 0.2) is 72.8 Å². The number of aromatic nitrogens is 2. The average Bonchev–Trinajstić information content (AvgIpc) is 3.30. The minimum absolute atomic E-state index is 0.121. The molecule has 0 fully saturated rings. The van der Waals surface area contributed by atoms with Gasteiger partial charge in [0.15, 0.2) is 5.01 Å². The van der Waals surface area contributed by atoms with Crippen LogP contribution in [-0.4, -0.2) is 22.0 Å². The maximum Gasteiger partial charge on any atom is 0.286 e. The lowest BCUT2D eigenvalue weighted by Gasteiger charge is -2.09. The van der Waals surface area contributed by atoms with E-state index in [4.69, 9.17) is 4.74 Å². The molecule has 0 unspecified atom stereocenters. The minimum Gasteiger partial charge on any atom is -0.486 e. The molecule has 166 valence electrons. The van der Waals surface area contributed by atoms with Crippen molar-refractivity contribution in [1.29, 1.82) is 0 Å². The van der Waals surface area contributed by atoms with Gasteiger partial charge in [-0.3, -0.25) is 9.59 Å². The number of aryl methyl sites for hydroxylation is 1. The van der Waals surface area contributed by atoms with Crippen LogP contribution in [-0.2, 0) is 6.61 Å². The lowest BCUT2D eigenvalue weighted by Crippen LogP contribution is -2.12. The molecule has 7 nitrogen and oxygen atoms in total. The molecule has 3 aromatic carbocycles. The largest absolute Gasteiger partial charge is 0.486 e. The summed E-state index contributed by atoms with van der Waals surface area (Å²) in [6.45, 7) is 2.05. The highest BCUT2D eigenvalue weighted by Crippen LogP contribution is 2.19. The third-order valence-corrected chi connectivity index (χ3v) is 5.53. The molecular formula is C24H19FN4O3S. The van der Waals surface area contributed by atoms with Crippen molar-refractivity contribution in [2.45, 2.75) is 13.5 Å². The molecule has 1 aromatic heterocycles. The fourth-order valence-electron chi connectivity index (χ4n) is 2.88. The first kappa shape index (κ1) is 22.1. The first-order valence-electron chi connectivity index (χ1n) is 9.97. The topological polar surface area (TPSA) is 93.2 Å². The van der Waals surface area contributed by atoms with Crippen molar-refractivity contribution < 1.29 is 18.7 Å². The van der Waals surface area contributed by atoms with E-state index in [-0.39, 0.29) is 23.3 Å². The molecule has 4 rings (SSSR count). The number of carbonyl (C=O) groups is 2. The molecule has 0 atom stereocenters. The van der Waals surface area contributed by atoms with Crippen LogP contribution < -0.4 is 15.4 Å². The Balaban J connectivity index is 1.31. The lowest BCUT2D eigenvalue weighted by molar-refractivity contribution is 0.101. The maximum atomic E-state index is 13.0. The zero-order chi connectivity index (χ0) is 23.2. The highest BCUT2D eigenvalue weighted by molar-refractivity contribution is 7.13. The second-order valence-corrected chi connectivity index (χ2v) is 8.11. The third-order valence-electron chi connectivity index (χ3n) is 4.64. The van der Waals surface area contributed by atoms with Gasteiger partial charge in [0.05, 0.1) is 0 Å². The third kappa shape index (κ3) is 5.78. The summed E-state index contributed by atoms with van der Waals surface area (Å²) in [6, 6.07) is 19.7. The Kier molecular flexibility index (Phi) is 6.70. The molecule has 1 heterocycles. The van der Waals surface area contributed by atoms with Crippen LogP contribution in [0.1, 0.15) is 30.7 Å². The average molecular weight is 463 g/mol. The monoisotopic (exact) mass is 462 g/mol. The Labute approximate surface area is 193 Å². The zero-order valence-electron chi connectivity index (χ0n) is 17.5. The summed E-state index contributed by atoms with van der Waals surface area (Å²) >= 11 is 1.10. The number of ether oxygens (including phenoxy) is 1. The standard InChI is InChI=1S/C24H19FN4O3S/c1-15-4-2-3-5-20(15)27-22(30)16-6-12-19(13-7-16)32-14-21-28-29-24(33-21)23(31)26-18-10-8-17(25)9-11-18/h2-13H,14H2,1H3,(H,26,31)(H,27,30). The summed E-state index contributed by atoms with van der Waals surface area (Å²) in [6.07, 6.45) is 0. The van der Waals surface area contributed by atoms with Crippen molar-refractivity contribution in [3.05, 3.63) is 99.8 Å². The number of halogens is 1. The van der Waals surface area contributed by atoms with Gasteiger partial charge >= 0.3 is 0 Å². The van der Waals surface area contributed by atoms with Crippen LogP contribution >= 0.6 is 11.3 Å². The number of hydrogen-bond donors (Lipinski definition) is 2. The summed E-state index contributed by atoms with van der Waals surface area (Å²) in [5, 5.41) is 14.0. The van der Waals surface area contributed by atoms with E-state index in [2.05, 4.69) is 20.8 Å². The van der Waals surface area contributed by atoms with Gasteiger partial charge in [0.2, 0.25) is 5.01 Å². The zero-order valence-corrected chi connectivity index (χ0v) is 18.4. The molecule has 0 saturated carbocycles. The first-order valence-corrected chi connectivity index (χ1v) is 10.8. The van der Waals surface area contributed by atoms with Crippen LogP contribution in [0.3, 0.4) is 0 Å². The Morgan fingerprint density at radius 2 is 1.64 bits per heavy atom. The summed E-state index contributed by atoms with van der Waals surface area (Å²) in [4.78, 5) is 24.7. The Morgan fingerprint density at radius 1 is 0.909 bits per heavy atom. The van der Waals surface area contributed by atoms with Crippen LogP contribution in [0.4, 0.5) is 15.8 Å². The molecule has 0 spiro atoms. The fraction of sp³-hybridized carbons (Fsp3) is 0.0833. The second kappa shape index (κ2) is 10.0. The van der Waals surface area contributed by atoms with Crippen molar-refractivity contribution in [3.8, 4) is 5.75 Å². The van der Waals surface area contributed by atoms with Gasteiger partial charge in [0.25, 0.3) is 11.8 Å². The van der Waals surface area contributed by atoms with E-state index in [9.17, 15) is 14.0 Å². The van der Waals surface area contributed by atoms with E-state index >= 15 is 0 Å². The van der Waals surface area contributed by atoms with E-state index in [1.807, 2.05) is 31.2 Å². The fourth-order valence-corrected chi connectivity index (χ4v) is 3.52. The van der Waals surface area contributed by atoms with Gasteiger partial charge in [-0.15, -0.1) is 10.2 Å². The molecule has 4 aromatic rings. The van der Waals surface area contributed by atoms with Gasteiger partial charge in [-0.1, -0.05) is 29.5 Å². The van der Waals surface area contributed by atoms with Crippen LogP contribution in [0.5, 0.6) is 5.75 Å².